The fraction of sp³-hybridized carbons (Fsp3) is 0.217. The number of amides is 2. The van der Waals surface area contributed by atoms with E-state index in [4.69, 9.17) is 9.47 Å². The molecule has 0 fully saturated rings. The predicted molar refractivity (Wildman–Crippen MR) is 112 cm³/mol. The summed E-state index contributed by atoms with van der Waals surface area (Å²) in [5.41, 5.74) is 3.29. The zero-order valence-electron chi connectivity index (χ0n) is 16.7. The van der Waals surface area contributed by atoms with Crippen molar-refractivity contribution in [2.24, 2.45) is 0 Å². The summed E-state index contributed by atoms with van der Waals surface area (Å²) in [7, 11) is 1.58. The van der Waals surface area contributed by atoms with Crippen LogP contribution in [0, 0.1) is 0 Å². The lowest BCUT2D eigenvalue weighted by Gasteiger charge is -2.30. The number of rotatable bonds is 6. The molecule has 6 heteroatoms. The van der Waals surface area contributed by atoms with Gasteiger partial charge >= 0.3 is 12.0 Å². The van der Waals surface area contributed by atoms with Gasteiger partial charge in [-0.3, -0.25) is 0 Å². The summed E-state index contributed by atoms with van der Waals surface area (Å²) >= 11 is 0. The monoisotopic (exact) mass is 392 g/mol. The number of carbonyl (C=O) groups excluding carboxylic acids is 2. The molecule has 1 heterocycles. The molecule has 1 atom stereocenters. The average Bonchev–Trinajstić information content (AvgIpc) is 2.74. The third-order valence-electron chi connectivity index (χ3n) is 4.60. The van der Waals surface area contributed by atoms with E-state index in [0.717, 1.165) is 11.1 Å². The first-order valence-electron chi connectivity index (χ1n) is 9.40. The minimum absolute atomic E-state index is 0.236. The minimum atomic E-state index is -0.611. The predicted octanol–water partition coefficient (Wildman–Crippen LogP) is 3.75. The lowest BCUT2D eigenvalue weighted by atomic mass is 9.92. The van der Waals surface area contributed by atoms with Crippen LogP contribution in [0.4, 0.5) is 4.79 Å². The van der Waals surface area contributed by atoms with E-state index < -0.39 is 12.0 Å². The van der Waals surface area contributed by atoms with E-state index in [0.29, 0.717) is 22.6 Å². The van der Waals surface area contributed by atoms with Crippen LogP contribution in [0.3, 0.4) is 0 Å². The van der Waals surface area contributed by atoms with E-state index in [1.54, 1.807) is 38.3 Å². The quantitative estimate of drug-likeness (QED) is 0.734. The van der Waals surface area contributed by atoms with Crippen molar-refractivity contribution in [3.63, 3.8) is 0 Å². The molecule has 6 nitrogen and oxygen atoms in total. The first-order chi connectivity index (χ1) is 14.0. The van der Waals surface area contributed by atoms with Gasteiger partial charge in [0.25, 0.3) is 0 Å². The maximum Gasteiger partial charge on any atom is 0.338 e. The van der Waals surface area contributed by atoms with E-state index in [1.165, 1.54) is 0 Å². The van der Waals surface area contributed by atoms with Gasteiger partial charge in [-0.25, -0.2) is 9.59 Å². The van der Waals surface area contributed by atoms with Crippen molar-refractivity contribution in [3.8, 4) is 5.75 Å². The molecule has 1 aliphatic heterocycles. The molecule has 2 N–H and O–H groups in total. The van der Waals surface area contributed by atoms with Gasteiger partial charge in [-0.1, -0.05) is 36.4 Å². The lowest BCUT2D eigenvalue weighted by Crippen LogP contribution is -2.50. The van der Waals surface area contributed by atoms with Crippen LogP contribution in [0.2, 0.25) is 0 Å². The van der Waals surface area contributed by atoms with Crippen molar-refractivity contribution in [1.29, 1.82) is 0 Å². The molecular weight excluding hydrogens is 368 g/mol. The highest BCUT2D eigenvalue weighted by molar-refractivity contribution is 6.05. The Morgan fingerprint density at radius 2 is 1.79 bits per heavy atom. The highest BCUT2D eigenvalue weighted by atomic mass is 16.5. The largest absolute Gasteiger partial charge is 0.497 e. The highest BCUT2D eigenvalue weighted by Gasteiger charge is 2.34. The Bertz CT molecular complexity index is 947. The molecule has 1 unspecified atom stereocenters. The number of hydrogen-bond donors (Lipinski definition) is 2. The van der Waals surface area contributed by atoms with Crippen molar-refractivity contribution in [3.05, 3.63) is 76.9 Å². The van der Waals surface area contributed by atoms with Crippen LogP contribution in [-0.2, 0) is 9.53 Å². The van der Waals surface area contributed by atoms with E-state index in [1.807, 2.05) is 43.3 Å². The number of ether oxygens (including phenoxy) is 2. The van der Waals surface area contributed by atoms with Crippen molar-refractivity contribution in [2.75, 3.05) is 13.7 Å². The molecule has 2 amide bonds. The average molecular weight is 392 g/mol. The topological polar surface area (TPSA) is 76.7 Å². The number of urea groups is 1. The molecule has 2 aromatic carbocycles. The highest BCUT2D eigenvalue weighted by Crippen LogP contribution is 2.28. The van der Waals surface area contributed by atoms with E-state index in [9.17, 15) is 9.59 Å². The molecule has 2 aromatic rings. The molecule has 0 aromatic heterocycles. The van der Waals surface area contributed by atoms with Crippen LogP contribution in [0.15, 0.2) is 65.7 Å². The first-order valence-corrected chi connectivity index (χ1v) is 9.40. The minimum Gasteiger partial charge on any atom is -0.497 e. The molecule has 29 heavy (non-hydrogen) atoms. The van der Waals surface area contributed by atoms with Gasteiger partial charge in [0, 0.05) is 0 Å². The summed E-state index contributed by atoms with van der Waals surface area (Å²) in [5.74, 6) is 0.209. The summed E-state index contributed by atoms with van der Waals surface area (Å²) < 4.78 is 10.5. The zero-order chi connectivity index (χ0) is 20.8. The van der Waals surface area contributed by atoms with Crippen molar-refractivity contribution in [1.82, 2.24) is 10.6 Å². The summed E-state index contributed by atoms with van der Waals surface area (Å²) in [6.07, 6.45) is 1.95. The van der Waals surface area contributed by atoms with Crippen LogP contribution < -0.4 is 15.4 Å². The van der Waals surface area contributed by atoms with Crippen molar-refractivity contribution in [2.45, 2.75) is 19.9 Å². The Morgan fingerprint density at radius 1 is 1.10 bits per heavy atom. The second-order valence-electron chi connectivity index (χ2n) is 6.57. The fourth-order valence-electron chi connectivity index (χ4n) is 3.22. The van der Waals surface area contributed by atoms with Crippen LogP contribution in [-0.4, -0.2) is 31.8 Å². The number of hydrogen-bond acceptors (Lipinski definition) is 4. The van der Waals surface area contributed by atoms with Crippen molar-refractivity contribution < 1.29 is 19.1 Å². The van der Waals surface area contributed by atoms with E-state index >= 15 is 0 Å². The SMILES string of the molecule is CCOC(=O)C1=C(c2ccc(OC)cc2)NC(=O)NC1/C(C)=C/c1ccccc1. The summed E-state index contributed by atoms with van der Waals surface area (Å²) in [5, 5.41) is 5.62. The third kappa shape index (κ3) is 4.66. The Balaban J connectivity index is 2.11. The second-order valence-corrected chi connectivity index (χ2v) is 6.57. The van der Waals surface area contributed by atoms with Crippen LogP contribution in [0.25, 0.3) is 11.8 Å². The number of benzene rings is 2. The third-order valence-corrected chi connectivity index (χ3v) is 4.60. The Morgan fingerprint density at radius 3 is 2.41 bits per heavy atom. The van der Waals surface area contributed by atoms with E-state index in [-0.39, 0.29) is 12.6 Å². The molecule has 1 aliphatic rings. The molecule has 0 aliphatic carbocycles. The molecule has 0 bridgehead atoms. The molecule has 0 saturated carbocycles. The molecule has 150 valence electrons. The molecule has 3 rings (SSSR count). The van der Waals surface area contributed by atoms with Gasteiger partial charge < -0.3 is 20.1 Å². The molecule has 0 saturated heterocycles. The standard InChI is InChI=1S/C23H24N2O4/c1-4-29-22(26)19-20(15(2)14-16-8-6-5-7-9-16)24-23(27)25-21(19)17-10-12-18(28-3)13-11-17/h5-14,20H,4H2,1-3H3,(H2,24,25,27)/b15-14+. The maximum absolute atomic E-state index is 12.9. The Kier molecular flexibility index (Phi) is 6.34. The lowest BCUT2D eigenvalue weighted by molar-refractivity contribution is -0.138. The number of nitrogens with one attached hydrogen (secondary N) is 2. The number of esters is 1. The second kappa shape index (κ2) is 9.10. The molecular formula is C23H24N2O4. The fourth-order valence-corrected chi connectivity index (χ4v) is 3.22. The van der Waals surface area contributed by atoms with Crippen LogP contribution in [0.5, 0.6) is 5.75 Å². The first kappa shape index (κ1) is 20.2. The Labute approximate surface area is 170 Å². The normalized spacial score (nSPS) is 16.7. The zero-order valence-corrected chi connectivity index (χ0v) is 16.7. The van der Waals surface area contributed by atoms with Gasteiger partial charge in [-0.15, -0.1) is 0 Å². The van der Waals surface area contributed by atoms with Gasteiger partial charge in [-0.2, -0.15) is 0 Å². The maximum atomic E-state index is 12.9. The van der Waals surface area contributed by atoms with Crippen LogP contribution >= 0.6 is 0 Å². The summed E-state index contributed by atoms with van der Waals surface area (Å²) in [4.78, 5) is 25.3. The van der Waals surface area contributed by atoms with Gasteiger partial charge in [0.2, 0.25) is 0 Å². The Hall–Kier alpha value is -3.54. The smallest absolute Gasteiger partial charge is 0.338 e. The van der Waals surface area contributed by atoms with Gasteiger partial charge in [0.15, 0.2) is 0 Å². The number of methoxy groups -OCH3 is 1. The molecule has 0 radical (unpaired) electrons. The van der Waals surface area contributed by atoms with Gasteiger partial charge in [0.1, 0.15) is 5.75 Å². The van der Waals surface area contributed by atoms with E-state index in [2.05, 4.69) is 10.6 Å². The molecule has 0 spiro atoms. The van der Waals surface area contributed by atoms with Gasteiger partial charge in [-0.05, 0) is 54.8 Å². The number of carbonyl (C=O) groups is 2. The van der Waals surface area contributed by atoms with Gasteiger partial charge in [0.05, 0.1) is 31.0 Å². The van der Waals surface area contributed by atoms with Crippen LogP contribution in [0.1, 0.15) is 25.0 Å². The van der Waals surface area contributed by atoms with Crippen molar-refractivity contribution >= 4 is 23.8 Å². The summed E-state index contributed by atoms with van der Waals surface area (Å²) in [6.45, 7) is 3.87. The summed E-state index contributed by atoms with van der Waals surface area (Å²) in [6, 6.07) is 15.9.